The van der Waals surface area contributed by atoms with Crippen LogP contribution in [0.4, 0.5) is 13.2 Å². The van der Waals surface area contributed by atoms with Crippen LogP contribution in [0.2, 0.25) is 0 Å². The van der Waals surface area contributed by atoms with Gasteiger partial charge in [-0.1, -0.05) is 6.92 Å². The van der Waals surface area contributed by atoms with Gasteiger partial charge >= 0.3 is 12.1 Å². The molecule has 1 aromatic heterocycles. The number of nitrogens with zero attached hydrogens (tertiary/aromatic N) is 3. The number of halogens is 3. The highest BCUT2D eigenvalue weighted by atomic mass is 19.4. The molecule has 8 heteroatoms. The van der Waals surface area contributed by atoms with Crippen LogP contribution >= 0.6 is 0 Å². The first kappa shape index (κ1) is 13.8. The van der Waals surface area contributed by atoms with Gasteiger partial charge in [-0.2, -0.15) is 13.2 Å². The predicted molar refractivity (Wildman–Crippen MR) is 58.1 cm³/mol. The van der Waals surface area contributed by atoms with Crippen LogP contribution in [0, 0.1) is 0 Å². The molecule has 1 amide bonds. The van der Waals surface area contributed by atoms with Crippen molar-refractivity contribution in [2.75, 3.05) is 13.1 Å². The lowest BCUT2D eigenvalue weighted by molar-refractivity contribution is -0.157. The Labute approximate surface area is 107 Å². The van der Waals surface area contributed by atoms with E-state index in [0.29, 0.717) is 25.9 Å². The number of rotatable bonds is 2. The molecular formula is C11H14F3N3O2. The van der Waals surface area contributed by atoms with Gasteiger partial charge in [-0.15, -0.1) is 10.2 Å². The van der Waals surface area contributed by atoms with E-state index in [-0.39, 0.29) is 17.7 Å². The van der Waals surface area contributed by atoms with Crippen molar-refractivity contribution in [1.29, 1.82) is 0 Å². The van der Waals surface area contributed by atoms with E-state index in [9.17, 15) is 18.0 Å². The lowest BCUT2D eigenvalue weighted by atomic mass is 9.98. The summed E-state index contributed by atoms with van der Waals surface area (Å²) in [5.41, 5.74) is 0. The van der Waals surface area contributed by atoms with E-state index in [0.717, 1.165) is 6.42 Å². The lowest BCUT2D eigenvalue weighted by Gasteiger charge is -2.30. The SMILES string of the molecule is CCC(=O)N1CCC[C@@H](c2nnc(C(F)(F)F)o2)C1. The maximum Gasteiger partial charge on any atom is 0.470 e. The smallest absolute Gasteiger partial charge is 0.417 e. The van der Waals surface area contributed by atoms with E-state index in [1.807, 2.05) is 0 Å². The van der Waals surface area contributed by atoms with E-state index < -0.39 is 12.1 Å². The highest BCUT2D eigenvalue weighted by Crippen LogP contribution is 2.32. The number of hydrogen-bond acceptors (Lipinski definition) is 4. The minimum absolute atomic E-state index is 0.0136. The summed E-state index contributed by atoms with van der Waals surface area (Å²) >= 11 is 0. The number of piperidine rings is 1. The molecule has 1 atom stereocenters. The Morgan fingerprint density at radius 3 is 2.79 bits per heavy atom. The molecule has 1 fully saturated rings. The van der Waals surface area contributed by atoms with Crippen molar-refractivity contribution in [3.8, 4) is 0 Å². The first-order valence-electron chi connectivity index (χ1n) is 6.10. The van der Waals surface area contributed by atoms with E-state index in [1.54, 1.807) is 11.8 Å². The summed E-state index contributed by atoms with van der Waals surface area (Å²) < 4.78 is 41.8. The zero-order valence-electron chi connectivity index (χ0n) is 10.4. The minimum Gasteiger partial charge on any atom is -0.417 e. The first-order chi connectivity index (χ1) is 8.91. The van der Waals surface area contributed by atoms with Crippen LogP contribution in [0.3, 0.4) is 0 Å². The number of carbonyl (C=O) groups is 1. The Morgan fingerprint density at radius 1 is 1.47 bits per heavy atom. The van der Waals surface area contributed by atoms with Crippen molar-refractivity contribution in [2.24, 2.45) is 0 Å². The van der Waals surface area contributed by atoms with E-state index >= 15 is 0 Å². The van der Waals surface area contributed by atoms with Gasteiger partial charge in [-0.25, -0.2) is 0 Å². The minimum atomic E-state index is -4.63. The van der Waals surface area contributed by atoms with Crippen molar-refractivity contribution in [3.05, 3.63) is 11.8 Å². The van der Waals surface area contributed by atoms with Crippen molar-refractivity contribution in [1.82, 2.24) is 15.1 Å². The van der Waals surface area contributed by atoms with Gasteiger partial charge in [-0.3, -0.25) is 4.79 Å². The lowest BCUT2D eigenvalue weighted by Crippen LogP contribution is -2.38. The third-order valence-electron chi connectivity index (χ3n) is 3.11. The van der Waals surface area contributed by atoms with Crippen molar-refractivity contribution < 1.29 is 22.4 Å². The van der Waals surface area contributed by atoms with Gasteiger partial charge in [0.25, 0.3) is 0 Å². The van der Waals surface area contributed by atoms with Crippen LogP contribution in [0.15, 0.2) is 4.42 Å². The molecule has 0 N–H and O–H groups in total. The summed E-state index contributed by atoms with van der Waals surface area (Å²) in [7, 11) is 0. The van der Waals surface area contributed by atoms with Gasteiger partial charge in [0.1, 0.15) is 0 Å². The number of alkyl halides is 3. The largest absolute Gasteiger partial charge is 0.470 e. The first-order valence-corrected chi connectivity index (χ1v) is 6.10. The number of amides is 1. The van der Waals surface area contributed by atoms with Crippen LogP contribution in [-0.4, -0.2) is 34.1 Å². The molecule has 0 aromatic carbocycles. The monoisotopic (exact) mass is 277 g/mol. The Morgan fingerprint density at radius 2 is 2.21 bits per heavy atom. The average molecular weight is 277 g/mol. The fraction of sp³-hybridized carbons (Fsp3) is 0.727. The molecule has 2 heterocycles. The molecule has 106 valence electrons. The van der Waals surface area contributed by atoms with E-state index in [2.05, 4.69) is 14.6 Å². The molecule has 1 aromatic rings. The summed E-state index contributed by atoms with van der Waals surface area (Å²) in [6.07, 6.45) is -2.88. The van der Waals surface area contributed by atoms with Crippen molar-refractivity contribution in [2.45, 2.75) is 38.3 Å². The Bertz CT molecular complexity index is 458. The maximum atomic E-state index is 12.4. The Hall–Kier alpha value is -1.60. The highest BCUT2D eigenvalue weighted by Gasteiger charge is 2.39. The second-order valence-corrected chi connectivity index (χ2v) is 4.48. The zero-order chi connectivity index (χ0) is 14.0. The van der Waals surface area contributed by atoms with E-state index in [4.69, 9.17) is 0 Å². The molecule has 19 heavy (non-hydrogen) atoms. The molecule has 1 aliphatic heterocycles. The molecule has 1 saturated heterocycles. The van der Waals surface area contributed by atoms with Gasteiger partial charge in [0.2, 0.25) is 11.8 Å². The summed E-state index contributed by atoms with van der Waals surface area (Å²) in [4.78, 5) is 13.2. The van der Waals surface area contributed by atoms with Crippen LogP contribution < -0.4 is 0 Å². The van der Waals surface area contributed by atoms with Gasteiger partial charge in [0.15, 0.2) is 0 Å². The molecule has 0 bridgehead atoms. The van der Waals surface area contributed by atoms with Gasteiger partial charge in [-0.05, 0) is 12.8 Å². The van der Waals surface area contributed by atoms with Crippen LogP contribution in [0.5, 0.6) is 0 Å². The topological polar surface area (TPSA) is 59.2 Å². The quantitative estimate of drug-likeness (QED) is 0.831. The summed E-state index contributed by atoms with van der Waals surface area (Å²) in [5, 5.41) is 6.46. The van der Waals surface area contributed by atoms with Crippen molar-refractivity contribution in [3.63, 3.8) is 0 Å². The molecule has 0 saturated carbocycles. The molecule has 0 aliphatic carbocycles. The molecule has 0 spiro atoms. The second kappa shape index (κ2) is 5.18. The highest BCUT2D eigenvalue weighted by molar-refractivity contribution is 5.75. The number of likely N-dealkylation sites (tertiary alicyclic amines) is 1. The summed E-state index contributed by atoms with van der Waals surface area (Å²) in [6.45, 7) is 2.72. The summed E-state index contributed by atoms with van der Waals surface area (Å²) in [5.74, 6) is -1.70. The molecule has 1 aliphatic rings. The number of aromatic nitrogens is 2. The molecule has 5 nitrogen and oxygen atoms in total. The van der Waals surface area contributed by atoms with Crippen LogP contribution in [0.25, 0.3) is 0 Å². The van der Waals surface area contributed by atoms with Crippen molar-refractivity contribution >= 4 is 5.91 Å². The van der Waals surface area contributed by atoms with Gasteiger partial charge < -0.3 is 9.32 Å². The van der Waals surface area contributed by atoms with Crippen LogP contribution in [-0.2, 0) is 11.0 Å². The molecule has 2 rings (SSSR count). The average Bonchev–Trinajstić information content (AvgIpc) is 2.87. The normalized spacial score (nSPS) is 20.6. The van der Waals surface area contributed by atoms with Gasteiger partial charge in [0.05, 0.1) is 5.92 Å². The van der Waals surface area contributed by atoms with Gasteiger partial charge in [0, 0.05) is 19.5 Å². The fourth-order valence-electron chi connectivity index (χ4n) is 2.14. The molecule has 0 radical (unpaired) electrons. The number of carbonyl (C=O) groups excluding carboxylic acids is 1. The maximum absolute atomic E-state index is 12.4. The van der Waals surface area contributed by atoms with E-state index in [1.165, 1.54) is 0 Å². The van der Waals surface area contributed by atoms with Crippen LogP contribution in [0.1, 0.15) is 43.9 Å². The third-order valence-corrected chi connectivity index (χ3v) is 3.11. The second-order valence-electron chi connectivity index (χ2n) is 4.48. The fourth-order valence-corrected chi connectivity index (χ4v) is 2.14. The Kier molecular flexibility index (Phi) is 3.77. The summed E-state index contributed by atoms with van der Waals surface area (Å²) in [6, 6.07) is 0. The molecule has 0 unspecified atom stereocenters. The zero-order valence-corrected chi connectivity index (χ0v) is 10.4. The third kappa shape index (κ3) is 3.05. The Balaban J connectivity index is 2.09. The number of hydrogen-bond donors (Lipinski definition) is 0. The predicted octanol–water partition coefficient (Wildman–Crippen LogP) is 2.20. The standard InChI is InChI=1S/C11H14F3N3O2/c1-2-8(18)17-5-3-4-7(6-17)9-15-16-10(19-9)11(12,13)14/h7H,2-6H2,1H3/t7-/m1/s1. The molecular weight excluding hydrogens is 263 g/mol.